The molecule has 0 atom stereocenters. The van der Waals surface area contributed by atoms with Crippen molar-refractivity contribution in [2.75, 3.05) is 26.7 Å². The Bertz CT molecular complexity index is 468. The molecule has 1 aliphatic heterocycles. The van der Waals surface area contributed by atoms with Crippen LogP contribution in [0.1, 0.15) is 25.3 Å². The maximum absolute atomic E-state index is 11.6. The fraction of sp³-hybridized carbons (Fsp3) is 0.600. The summed E-state index contributed by atoms with van der Waals surface area (Å²) >= 11 is 0. The predicted octanol–water partition coefficient (Wildman–Crippen LogP) is 2.25. The van der Waals surface area contributed by atoms with E-state index >= 15 is 0 Å². The van der Waals surface area contributed by atoms with Crippen LogP contribution in [0.15, 0.2) is 28.0 Å². The molecule has 0 bridgehead atoms. The molecule has 0 aromatic carbocycles. The number of nitrogens with one attached hydrogen (secondary N) is 1. The number of esters is 1. The molecule has 0 saturated carbocycles. The van der Waals surface area contributed by atoms with Gasteiger partial charge in [0, 0.05) is 25.2 Å². The van der Waals surface area contributed by atoms with Crippen molar-refractivity contribution >= 4 is 35.9 Å². The summed E-state index contributed by atoms with van der Waals surface area (Å²) in [6.45, 7) is 5.10. The van der Waals surface area contributed by atoms with Crippen molar-refractivity contribution < 1.29 is 13.9 Å². The molecule has 0 amide bonds. The van der Waals surface area contributed by atoms with Crippen LogP contribution in [0.2, 0.25) is 0 Å². The zero-order chi connectivity index (χ0) is 15.1. The van der Waals surface area contributed by atoms with Gasteiger partial charge in [-0.3, -0.25) is 4.79 Å². The molecule has 7 heteroatoms. The molecule has 0 aliphatic carbocycles. The standard InChI is InChI=1S/C15H23N3O3.HI/c1-3-16-15(17-10-12-6-9-21-11-12)18-7-4-13(5-8-18)14(19)20-2;/h6,9,11,13H,3-5,7-8,10H2,1-2H3,(H,16,17);1H. The zero-order valence-electron chi connectivity index (χ0n) is 13.1. The summed E-state index contributed by atoms with van der Waals surface area (Å²) in [6, 6.07) is 1.91. The van der Waals surface area contributed by atoms with E-state index in [4.69, 9.17) is 9.15 Å². The second-order valence-corrected chi connectivity index (χ2v) is 5.09. The van der Waals surface area contributed by atoms with Gasteiger partial charge in [0.1, 0.15) is 0 Å². The second kappa shape index (κ2) is 9.70. The molecular weight excluding hydrogens is 397 g/mol. The number of hydrogen-bond donors (Lipinski definition) is 1. The van der Waals surface area contributed by atoms with Gasteiger partial charge in [0.05, 0.1) is 32.1 Å². The van der Waals surface area contributed by atoms with Gasteiger partial charge >= 0.3 is 5.97 Å². The van der Waals surface area contributed by atoms with E-state index in [1.165, 1.54) is 7.11 Å². The Kier molecular flexibility index (Phi) is 8.29. The first kappa shape index (κ1) is 18.8. The van der Waals surface area contributed by atoms with Crippen molar-refractivity contribution in [2.45, 2.75) is 26.3 Å². The van der Waals surface area contributed by atoms with E-state index in [0.29, 0.717) is 6.54 Å². The van der Waals surface area contributed by atoms with Crippen LogP contribution in [-0.2, 0) is 16.1 Å². The number of rotatable bonds is 4. The lowest BCUT2D eigenvalue weighted by Gasteiger charge is -2.33. The van der Waals surface area contributed by atoms with E-state index in [2.05, 4.69) is 22.1 Å². The minimum atomic E-state index is -0.102. The van der Waals surface area contributed by atoms with Crippen LogP contribution in [0.3, 0.4) is 0 Å². The Morgan fingerprint density at radius 1 is 1.50 bits per heavy atom. The van der Waals surface area contributed by atoms with Crippen LogP contribution in [0.4, 0.5) is 0 Å². The van der Waals surface area contributed by atoms with Crippen LogP contribution in [0, 0.1) is 5.92 Å². The number of piperidine rings is 1. The lowest BCUT2D eigenvalue weighted by atomic mass is 9.97. The Labute approximate surface area is 148 Å². The molecule has 2 heterocycles. The third-order valence-electron chi connectivity index (χ3n) is 3.66. The number of carbonyl (C=O) groups excluding carboxylic acids is 1. The Hall–Kier alpha value is -1.25. The molecule has 124 valence electrons. The predicted molar refractivity (Wildman–Crippen MR) is 95.3 cm³/mol. The number of furan rings is 1. The zero-order valence-corrected chi connectivity index (χ0v) is 15.4. The number of methoxy groups -OCH3 is 1. The smallest absolute Gasteiger partial charge is 0.308 e. The van der Waals surface area contributed by atoms with Crippen molar-refractivity contribution in [1.82, 2.24) is 10.2 Å². The number of likely N-dealkylation sites (tertiary alicyclic amines) is 1. The van der Waals surface area contributed by atoms with E-state index < -0.39 is 0 Å². The highest BCUT2D eigenvalue weighted by Crippen LogP contribution is 2.18. The molecule has 1 aromatic heterocycles. The van der Waals surface area contributed by atoms with Crippen molar-refractivity contribution in [3.05, 3.63) is 24.2 Å². The van der Waals surface area contributed by atoms with Crippen LogP contribution >= 0.6 is 24.0 Å². The average molecular weight is 421 g/mol. The summed E-state index contributed by atoms with van der Waals surface area (Å²) in [6.07, 6.45) is 4.97. The van der Waals surface area contributed by atoms with E-state index in [1.807, 2.05) is 6.07 Å². The van der Waals surface area contributed by atoms with Gasteiger partial charge in [-0.25, -0.2) is 4.99 Å². The number of carbonyl (C=O) groups is 1. The third kappa shape index (κ3) is 5.19. The van der Waals surface area contributed by atoms with Crippen LogP contribution in [0.25, 0.3) is 0 Å². The molecular formula is C15H24IN3O3. The minimum Gasteiger partial charge on any atom is -0.472 e. The fourth-order valence-electron chi connectivity index (χ4n) is 2.47. The number of ether oxygens (including phenoxy) is 1. The van der Waals surface area contributed by atoms with Crippen LogP contribution in [-0.4, -0.2) is 43.6 Å². The van der Waals surface area contributed by atoms with Gasteiger partial charge in [-0.1, -0.05) is 0 Å². The highest BCUT2D eigenvalue weighted by Gasteiger charge is 2.26. The summed E-state index contributed by atoms with van der Waals surface area (Å²) in [5.74, 6) is 0.806. The number of guanidine groups is 1. The van der Waals surface area contributed by atoms with Gasteiger partial charge in [-0.2, -0.15) is 0 Å². The first-order valence-electron chi connectivity index (χ1n) is 7.36. The molecule has 22 heavy (non-hydrogen) atoms. The van der Waals surface area contributed by atoms with Gasteiger partial charge in [0.15, 0.2) is 5.96 Å². The maximum Gasteiger partial charge on any atom is 0.308 e. The average Bonchev–Trinajstić information content (AvgIpc) is 3.04. The SMILES string of the molecule is CCNC(=NCc1ccoc1)N1CCC(C(=O)OC)CC1.I. The molecule has 0 radical (unpaired) electrons. The van der Waals surface area contributed by atoms with Gasteiger partial charge in [-0.15, -0.1) is 24.0 Å². The number of aliphatic imine (C=N–C) groups is 1. The molecule has 0 unspecified atom stereocenters. The number of halogens is 1. The van der Waals surface area contributed by atoms with E-state index in [-0.39, 0.29) is 35.9 Å². The molecule has 1 aliphatic rings. The summed E-state index contributed by atoms with van der Waals surface area (Å²) < 4.78 is 9.87. The first-order chi connectivity index (χ1) is 10.2. The molecule has 0 spiro atoms. The fourth-order valence-corrected chi connectivity index (χ4v) is 2.47. The molecule has 2 rings (SSSR count). The largest absolute Gasteiger partial charge is 0.472 e. The van der Waals surface area contributed by atoms with Gasteiger partial charge < -0.3 is 19.4 Å². The van der Waals surface area contributed by atoms with E-state index in [1.54, 1.807) is 12.5 Å². The van der Waals surface area contributed by atoms with Crippen molar-refractivity contribution in [2.24, 2.45) is 10.9 Å². The van der Waals surface area contributed by atoms with Gasteiger partial charge in [-0.05, 0) is 25.8 Å². The van der Waals surface area contributed by atoms with Crippen molar-refractivity contribution in [1.29, 1.82) is 0 Å². The first-order valence-corrected chi connectivity index (χ1v) is 7.36. The second-order valence-electron chi connectivity index (χ2n) is 5.09. The lowest BCUT2D eigenvalue weighted by molar-refractivity contribution is -0.146. The highest BCUT2D eigenvalue weighted by atomic mass is 127. The Balaban J connectivity index is 0.00000242. The molecule has 1 aromatic rings. The van der Waals surface area contributed by atoms with Crippen molar-refractivity contribution in [3.8, 4) is 0 Å². The third-order valence-corrected chi connectivity index (χ3v) is 3.66. The highest BCUT2D eigenvalue weighted by molar-refractivity contribution is 14.0. The van der Waals surface area contributed by atoms with Crippen LogP contribution < -0.4 is 5.32 Å². The monoisotopic (exact) mass is 421 g/mol. The topological polar surface area (TPSA) is 67.1 Å². The normalized spacial score (nSPS) is 16.1. The summed E-state index contributed by atoms with van der Waals surface area (Å²) in [5, 5.41) is 3.30. The number of nitrogens with zero attached hydrogens (tertiary/aromatic N) is 2. The molecule has 1 fully saturated rings. The molecule has 6 nitrogen and oxygen atoms in total. The molecule has 1 saturated heterocycles. The maximum atomic E-state index is 11.6. The van der Waals surface area contributed by atoms with Crippen molar-refractivity contribution in [3.63, 3.8) is 0 Å². The van der Waals surface area contributed by atoms with E-state index in [0.717, 1.165) is 44.0 Å². The summed E-state index contributed by atoms with van der Waals surface area (Å²) in [5.41, 5.74) is 1.05. The molecule has 1 N–H and O–H groups in total. The number of hydrogen-bond acceptors (Lipinski definition) is 4. The Morgan fingerprint density at radius 3 is 2.77 bits per heavy atom. The van der Waals surface area contributed by atoms with Gasteiger partial charge in [0.2, 0.25) is 0 Å². The quantitative estimate of drug-likeness (QED) is 0.350. The van der Waals surface area contributed by atoms with E-state index in [9.17, 15) is 4.79 Å². The minimum absolute atomic E-state index is 0. The van der Waals surface area contributed by atoms with Gasteiger partial charge in [0.25, 0.3) is 0 Å². The van der Waals surface area contributed by atoms with Crippen LogP contribution in [0.5, 0.6) is 0 Å². The lowest BCUT2D eigenvalue weighted by Crippen LogP contribution is -2.46. The Morgan fingerprint density at radius 2 is 2.23 bits per heavy atom. The summed E-state index contributed by atoms with van der Waals surface area (Å²) in [7, 11) is 1.45. The summed E-state index contributed by atoms with van der Waals surface area (Å²) in [4.78, 5) is 18.4.